The second kappa shape index (κ2) is 7.58. The van der Waals surface area contributed by atoms with E-state index in [2.05, 4.69) is 57.5 Å². The fourth-order valence-electron chi connectivity index (χ4n) is 3.42. The van der Waals surface area contributed by atoms with Crippen LogP contribution in [0.2, 0.25) is 0 Å². The van der Waals surface area contributed by atoms with Gasteiger partial charge in [-0.1, -0.05) is 54.6 Å². The minimum Gasteiger partial charge on any atom is -0.507 e. The number of hydrogen-bond donors (Lipinski definition) is 1. The van der Waals surface area contributed by atoms with Crippen molar-refractivity contribution in [2.45, 2.75) is 6.54 Å². The van der Waals surface area contributed by atoms with Gasteiger partial charge in [-0.15, -0.1) is 0 Å². The molecule has 3 aromatic carbocycles. The number of hydrogen-bond acceptors (Lipinski definition) is 4. The molecule has 4 heteroatoms. The van der Waals surface area contributed by atoms with Gasteiger partial charge in [0, 0.05) is 38.3 Å². The van der Waals surface area contributed by atoms with Crippen LogP contribution in [0.15, 0.2) is 71.8 Å². The van der Waals surface area contributed by atoms with E-state index in [1.807, 2.05) is 18.2 Å². The SMILES string of the molecule is Oc1ccccc1/C=N/N1CCN(Cc2cccc3ccccc23)CC1. The minimum absolute atomic E-state index is 0.269. The van der Waals surface area contributed by atoms with Crippen molar-refractivity contribution in [1.29, 1.82) is 0 Å². The van der Waals surface area contributed by atoms with Crippen molar-refractivity contribution in [3.05, 3.63) is 77.9 Å². The third-order valence-corrected chi connectivity index (χ3v) is 4.92. The predicted molar refractivity (Wildman–Crippen MR) is 106 cm³/mol. The molecule has 0 unspecified atom stereocenters. The van der Waals surface area contributed by atoms with E-state index in [9.17, 15) is 5.11 Å². The molecular formula is C22H23N3O. The van der Waals surface area contributed by atoms with E-state index >= 15 is 0 Å². The highest BCUT2D eigenvalue weighted by atomic mass is 16.3. The zero-order valence-electron chi connectivity index (χ0n) is 14.8. The van der Waals surface area contributed by atoms with E-state index < -0.39 is 0 Å². The highest BCUT2D eigenvalue weighted by Gasteiger charge is 2.16. The average Bonchev–Trinajstić information content (AvgIpc) is 2.69. The topological polar surface area (TPSA) is 39.1 Å². The third kappa shape index (κ3) is 3.70. The Morgan fingerprint density at radius 3 is 2.42 bits per heavy atom. The van der Waals surface area contributed by atoms with E-state index in [-0.39, 0.29) is 5.75 Å². The number of piperazine rings is 1. The van der Waals surface area contributed by atoms with E-state index in [1.54, 1.807) is 12.3 Å². The Bertz CT molecular complexity index is 909. The molecule has 3 aromatic rings. The third-order valence-electron chi connectivity index (χ3n) is 4.92. The molecule has 0 spiro atoms. The van der Waals surface area contributed by atoms with E-state index in [0.29, 0.717) is 0 Å². The van der Waals surface area contributed by atoms with Crippen LogP contribution in [0.1, 0.15) is 11.1 Å². The summed E-state index contributed by atoms with van der Waals surface area (Å²) in [6.07, 6.45) is 1.75. The van der Waals surface area contributed by atoms with Crippen molar-refractivity contribution >= 4 is 17.0 Å². The largest absolute Gasteiger partial charge is 0.507 e. The first-order valence-corrected chi connectivity index (χ1v) is 9.05. The molecule has 0 radical (unpaired) electrons. The summed E-state index contributed by atoms with van der Waals surface area (Å²) in [5.41, 5.74) is 2.14. The molecule has 0 aliphatic carbocycles. The quantitative estimate of drug-likeness (QED) is 0.733. The number of fused-ring (bicyclic) bond motifs is 1. The van der Waals surface area contributed by atoms with Gasteiger partial charge in [0.2, 0.25) is 0 Å². The Labute approximate surface area is 154 Å². The number of hydrazone groups is 1. The monoisotopic (exact) mass is 345 g/mol. The van der Waals surface area contributed by atoms with E-state index in [4.69, 9.17) is 0 Å². The minimum atomic E-state index is 0.269. The summed E-state index contributed by atoms with van der Waals surface area (Å²) in [6.45, 7) is 4.74. The molecule has 1 aliphatic heterocycles. The van der Waals surface area contributed by atoms with E-state index in [1.165, 1.54) is 16.3 Å². The summed E-state index contributed by atoms with van der Waals surface area (Å²) in [5.74, 6) is 0.269. The summed E-state index contributed by atoms with van der Waals surface area (Å²) in [4.78, 5) is 2.48. The summed E-state index contributed by atoms with van der Waals surface area (Å²) in [5, 5.41) is 19.1. The lowest BCUT2D eigenvalue weighted by Gasteiger charge is -2.33. The highest BCUT2D eigenvalue weighted by Crippen LogP contribution is 2.20. The van der Waals surface area contributed by atoms with Gasteiger partial charge in [0.05, 0.1) is 6.21 Å². The van der Waals surface area contributed by atoms with Crippen molar-refractivity contribution in [3.63, 3.8) is 0 Å². The van der Waals surface area contributed by atoms with Crippen LogP contribution in [0.4, 0.5) is 0 Å². The lowest BCUT2D eigenvalue weighted by atomic mass is 10.0. The van der Waals surface area contributed by atoms with Crippen LogP contribution in [-0.4, -0.2) is 47.4 Å². The van der Waals surface area contributed by atoms with Crippen molar-refractivity contribution < 1.29 is 5.11 Å². The molecule has 0 atom stereocenters. The molecule has 1 aliphatic rings. The van der Waals surface area contributed by atoms with Gasteiger partial charge < -0.3 is 5.11 Å². The van der Waals surface area contributed by atoms with Crippen LogP contribution in [0.5, 0.6) is 5.75 Å². The van der Waals surface area contributed by atoms with Gasteiger partial charge in [-0.05, 0) is 28.5 Å². The molecule has 1 heterocycles. The molecular weight excluding hydrogens is 322 g/mol. The van der Waals surface area contributed by atoms with Crippen LogP contribution in [0.25, 0.3) is 10.8 Å². The summed E-state index contributed by atoms with van der Waals surface area (Å²) < 4.78 is 0. The maximum absolute atomic E-state index is 9.81. The molecule has 0 bridgehead atoms. The Kier molecular flexibility index (Phi) is 4.84. The first kappa shape index (κ1) is 16.6. The average molecular weight is 345 g/mol. The molecule has 4 nitrogen and oxygen atoms in total. The molecule has 4 rings (SSSR count). The molecule has 0 aromatic heterocycles. The van der Waals surface area contributed by atoms with Crippen molar-refractivity contribution in [3.8, 4) is 5.75 Å². The lowest BCUT2D eigenvalue weighted by molar-refractivity contribution is 0.131. The van der Waals surface area contributed by atoms with E-state index in [0.717, 1.165) is 38.3 Å². The predicted octanol–water partition coefficient (Wildman–Crippen LogP) is 3.70. The van der Waals surface area contributed by atoms with Gasteiger partial charge in [-0.25, -0.2) is 0 Å². The zero-order chi connectivity index (χ0) is 17.8. The van der Waals surface area contributed by atoms with Crippen LogP contribution in [0, 0.1) is 0 Å². The number of para-hydroxylation sites is 1. The first-order chi connectivity index (χ1) is 12.8. The Morgan fingerprint density at radius 1 is 0.846 bits per heavy atom. The molecule has 0 amide bonds. The summed E-state index contributed by atoms with van der Waals surface area (Å²) >= 11 is 0. The maximum Gasteiger partial charge on any atom is 0.124 e. The number of phenols is 1. The molecule has 1 N–H and O–H groups in total. The van der Waals surface area contributed by atoms with Gasteiger partial charge >= 0.3 is 0 Å². The van der Waals surface area contributed by atoms with Gasteiger partial charge in [0.25, 0.3) is 0 Å². The Morgan fingerprint density at radius 2 is 1.58 bits per heavy atom. The van der Waals surface area contributed by atoms with Gasteiger partial charge in [0.15, 0.2) is 0 Å². The summed E-state index contributed by atoms with van der Waals surface area (Å²) in [7, 11) is 0. The normalized spacial score (nSPS) is 15.8. The number of rotatable bonds is 4. The molecule has 1 fully saturated rings. The van der Waals surface area contributed by atoms with Crippen molar-refractivity contribution in [1.82, 2.24) is 9.91 Å². The molecule has 1 saturated heterocycles. The van der Waals surface area contributed by atoms with Crippen LogP contribution in [0.3, 0.4) is 0 Å². The number of nitrogens with zero attached hydrogens (tertiary/aromatic N) is 3. The van der Waals surface area contributed by atoms with Crippen molar-refractivity contribution in [2.24, 2.45) is 5.10 Å². The highest BCUT2D eigenvalue weighted by molar-refractivity contribution is 5.85. The molecule has 132 valence electrons. The van der Waals surface area contributed by atoms with Gasteiger partial charge in [-0.2, -0.15) is 5.10 Å². The van der Waals surface area contributed by atoms with Crippen LogP contribution in [-0.2, 0) is 6.54 Å². The van der Waals surface area contributed by atoms with Crippen LogP contribution < -0.4 is 0 Å². The molecule has 26 heavy (non-hydrogen) atoms. The number of benzene rings is 3. The zero-order valence-corrected chi connectivity index (χ0v) is 14.8. The summed E-state index contributed by atoms with van der Waals surface area (Å²) in [6, 6.07) is 22.4. The maximum atomic E-state index is 9.81. The smallest absolute Gasteiger partial charge is 0.124 e. The standard InChI is InChI=1S/C22H23N3O/c26-22-11-4-2-7-19(22)16-23-25-14-12-24(13-15-25)17-20-9-5-8-18-6-1-3-10-21(18)20/h1-11,16,26H,12-15,17H2/b23-16+. The Hall–Kier alpha value is -2.85. The lowest BCUT2D eigenvalue weighted by Crippen LogP contribution is -2.43. The molecule has 0 saturated carbocycles. The van der Waals surface area contributed by atoms with Crippen molar-refractivity contribution in [2.75, 3.05) is 26.2 Å². The van der Waals surface area contributed by atoms with Gasteiger partial charge in [-0.3, -0.25) is 9.91 Å². The number of aromatic hydroxyl groups is 1. The first-order valence-electron chi connectivity index (χ1n) is 9.05. The second-order valence-electron chi connectivity index (χ2n) is 6.67. The fourth-order valence-corrected chi connectivity index (χ4v) is 3.42. The fraction of sp³-hybridized carbons (Fsp3) is 0.227. The van der Waals surface area contributed by atoms with Crippen LogP contribution >= 0.6 is 0 Å². The Balaban J connectivity index is 1.37. The second-order valence-corrected chi connectivity index (χ2v) is 6.67. The van der Waals surface area contributed by atoms with Gasteiger partial charge in [0.1, 0.15) is 5.75 Å². The number of phenolic OH excluding ortho intramolecular Hbond substituents is 1.